The van der Waals surface area contributed by atoms with Crippen molar-refractivity contribution < 1.29 is 0 Å². The van der Waals surface area contributed by atoms with Gasteiger partial charge in [-0.2, -0.15) is 0 Å². The van der Waals surface area contributed by atoms with Gasteiger partial charge in [0.05, 0.1) is 0 Å². The molecule has 0 bridgehead atoms. The van der Waals surface area contributed by atoms with E-state index in [1.54, 1.807) is 0 Å². The third-order valence-corrected chi connectivity index (χ3v) is 2.46. The lowest BCUT2D eigenvalue weighted by Crippen LogP contribution is -2.24. The first-order valence-electron chi connectivity index (χ1n) is 5.15. The molecular formula is C12H25N. The van der Waals surface area contributed by atoms with E-state index in [1.807, 2.05) is 0 Å². The summed E-state index contributed by atoms with van der Waals surface area (Å²) in [5.74, 6) is 0. The van der Waals surface area contributed by atoms with Gasteiger partial charge in [0.25, 0.3) is 0 Å². The molecule has 0 aliphatic carbocycles. The van der Waals surface area contributed by atoms with Gasteiger partial charge in [0, 0.05) is 6.54 Å². The molecule has 0 unspecified atom stereocenters. The van der Waals surface area contributed by atoms with E-state index in [0.29, 0.717) is 0 Å². The van der Waals surface area contributed by atoms with E-state index in [9.17, 15) is 0 Å². The zero-order valence-electron chi connectivity index (χ0n) is 8.47. The summed E-state index contributed by atoms with van der Waals surface area (Å²) in [6.45, 7) is 8.14. The maximum Gasteiger partial charge on any atom is 0.0165 e. The average Bonchev–Trinajstić information content (AvgIpc) is 2.28. The molecule has 1 aliphatic rings. The van der Waals surface area contributed by atoms with Crippen molar-refractivity contribution in [2.75, 3.05) is 19.6 Å². The van der Waals surface area contributed by atoms with Crippen LogP contribution in [0.1, 0.15) is 47.0 Å². The van der Waals surface area contributed by atoms with Crippen molar-refractivity contribution in [3.8, 4) is 0 Å². The highest BCUT2D eigenvalue weighted by atomic mass is 15.1. The molecule has 1 aliphatic heterocycles. The van der Waals surface area contributed by atoms with Gasteiger partial charge in [0.2, 0.25) is 0 Å². The van der Waals surface area contributed by atoms with Crippen LogP contribution in [0.2, 0.25) is 0 Å². The Bertz CT molecular complexity index is 137. The molecule has 1 nitrogen and oxygen atoms in total. The second-order valence-electron chi connectivity index (χ2n) is 4.00. The Morgan fingerprint density at radius 3 is 2.08 bits per heavy atom. The second kappa shape index (κ2) is 7.14. The Balaban J connectivity index is 0.00000144. The number of likely N-dealkylation sites (tertiary alicyclic amines) is 1. The predicted octanol–water partition coefficient (Wildman–Crippen LogP) is 3.46. The molecular weight excluding hydrogens is 158 g/mol. The highest BCUT2D eigenvalue weighted by Crippen LogP contribution is 2.09. The molecule has 0 amide bonds. The lowest BCUT2D eigenvalue weighted by atomic mass is 10.2. The molecule has 1 fully saturated rings. The van der Waals surface area contributed by atoms with E-state index in [-0.39, 0.29) is 7.43 Å². The van der Waals surface area contributed by atoms with Crippen molar-refractivity contribution in [3.63, 3.8) is 0 Å². The highest BCUT2D eigenvalue weighted by molar-refractivity contribution is 4.95. The molecule has 1 saturated heterocycles. The minimum atomic E-state index is 0. The summed E-state index contributed by atoms with van der Waals surface area (Å²) >= 11 is 0. The van der Waals surface area contributed by atoms with E-state index in [4.69, 9.17) is 0 Å². The molecule has 78 valence electrons. The van der Waals surface area contributed by atoms with Crippen LogP contribution in [0.25, 0.3) is 0 Å². The molecule has 0 spiro atoms. The van der Waals surface area contributed by atoms with Gasteiger partial charge < -0.3 is 0 Å². The number of allylic oxidation sites excluding steroid dienone is 1. The van der Waals surface area contributed by atoms with Gasteiger partial charge in [-0.1, -0.05) is 31.9 Å². The van der Waals surface area contributed by atoms with Gasteiger partial charge in [-0.25, -0.2) is 0 Å². The number of rotatable bonds is 2. The molecule has 0 aromatic rings. The summed E-state index contributed by atoms with van der Waals surface area (Å²) < 4.78 is 0. The molecule has 1 rings (SSSR count). The largest absolute Gasteiger partial charge is 0.300 e. The van der Waals surface area contributed by atoms with Gasteiger partial charge in [0.15, 0.2) is 0 Å². The van der Waals surface area contributed by atoms with E-state index < -0.39 is 0 Å². The van der Waals surface area contributed by atoms with Crippen molar-refractivity contribution >= 4 is 0 Å². The van der Waals surface area contributed by atoms with Crippen LogP contribution in [0, 0.1) is 0 Å². The molecule has 13 heavy (non-hydrogen) atoms. The molecule has 0 saturated carbocycles. The Morgan fingerprint density at radius 2 is 1.62 bits per heavy atom. The van der Waals surface area contributed by atoms with Crippen molar-refractivity contribution in [2.45, 2.75) is 47.0 Å². The summed E-state index contributed by atoms with van der Waals surface area (Å²) in [6, 6.07) is 0. The molecule has 0 aromatic carbocycles. The standard InChI is InChI=1S/C11H21N.CH4/c1-11(2)7-10-12-8-5-3-4-6-9-12;/h7H,3-6,8-10H2,1-2H3;1H4. The summed E-state index contributed by atoms with van der Waals surface area (Å²) in [5, 5.41) is 0. The molecule has 0 atom stereocenters. The Morgan fingerprint density at radius 1 is 1.08 bits per heavy atom. The van der Waals surface area contributed by atoms with E-state index in [0.717, 1.165) is 0 Å². The molecule has 1 heterocycles. The SMILES string of the molecule is C.CC(C)=CCN1CCCCCC1. The summed E-state index contributed by atoms with van der Waals surface area (Å²) in [7, 11) is 0. The van der Waals surface area contributed by atoms with Crippen LogP contribution in [0.3, 0.4) is 0 Å². The first-order chi connectivity index (χ1) is 5.79. The minimum absolute atomic E-state index is 0. The summed E-state index contributed by atoms with van der Waals surface area (Å²) in [6.07, 6.45) is 8.01. The van der Waals surface area contributed by atoms with Gasteiger partial charge >= 0.3 is 0 Å². The second-order valence-corrected chi connectivity index (χ2v) is 4.00. The van der Waals surface area contributed by atoms with E-state index in [1.165, 1.54) is 50.9 Å². The van der Waals surface area contributed by atoms with Gasteiger partial charge in [-0.05, 0) is 39.8 Å². The van der Waals surface area contributed by atoms with Crippen LogP contribution in [-0.2, 0) is 0 Å². The fourth-order valence-electron chi connectivity index (χ4n) is 1.63. The molecule has 0 aromatic heterocycles. The van der Waals surface area contributed by atoms with E-state index in [2.05, 4.69) is 24.8 Å². The van der Waals surface area contributed by atoms with Crippen LogP contribution in [0.4, 0.5) is 0 Å². The van der Waals surface area contributed by atoms with E-state index >= 15 is 0 Å². The predicted molar refractivity (Wildman–Crippen MR) is 61.1 cm³/mol. The first-order valence-corrected chi connectivity index (χ1v) is 5.15. The number of hydrogen-bond acceptors (Lipinski definition) is 1. The average molecular weight is 183 g/mol. The lowest BCUT2D eigenvalue weighted by Gasteiger charge is -2.17. The Kier molecular flexibility index (Phi) is 6.97. The van der Waals surface area contributed by atoms with Gasteiger partial charge in [-0.3, -0.25) is 4.90 Å². The zero-order chi connectivity index (χ0) is 8.81. The van der Waals surface area contributed by atoms with Crippen molar-refractivity contribution in [2.24, 2.45) is 0 Å². The monoisotopic (exact) mass is 183 g/mol. The van der Waals surface area contributed by atoms with Crippen molar-refractivity contribution in [1.82, 2.24) is 4.90 Å². The van der Waals surface area contributed by atoms with Crippen LogP contribution < -0.4 is 0 Å². The van der Waals surface area contributed by atoms with Crippen LogP contribution in [-0.4, -0.2) is 24.5 Å². The Labute approximate surface area is 83.8 Å². The van der Waals surface area contributed by atoms with Crippen molar-refractivity contribution in [3.05, 3.63) is 11.6 Å². The van der Waals surface area contributed by atoms with Gasteiger partial charge in [0.1, 0.15) is 0 Å². The van der Waals surface area contributed by atoms with Crippen molar-refractivity contribution in [1.29, 1.82) is 0 Å². The fraction of sp³-hybridized carbons (Fsp3) is 0.833. The van der Waals surface area contributed by atoms with Gasteiger partial charge in [-0.15, -0.1) is 0 Å². The topological polar surface area (TPSA) is 3.24 Å². The quantitative estimate of drug-likeness (QED) is 0.593. The zero-order valence-corrected chi connectivity index (χ0v) is 8.47. The third-order valence-electron chi connectivity index (χ3n) is 2.46. The molecule has 0 radical (unpaired) electrons. The lowest BCUT2D eigenvalue weighted by molar-refractivity contribution is 0.315. The normalized spacial score (nSPS) is 18.6. The van der Waals surface area contributed by atoms with Crippen LogP contribution in [0.5, 0.6) is 0 Å². The summed E-state index contributed by atoms with van der Waals surface area (Å²) in [4.78, 5) is 2.57. The summed E-state index contributed by atoms with van der Waals surface area (Å²) in [5.41, 5.74) is 1.44. The van der Waals surface area contributed by atoms with Crippen LogP contribution in [0.15, 0.2) is 11.6 Å². The third kappa shape index (κ3) is 5.87. The Hall–Kier alpha value is -0.300. The first kappa shape index (κ1) is 12.7. The maximum absolute atomic E-state index is 2.57. The smallest absolute Gasteiger partial charge is 0.0165 e. The fourth-order valence-corrected chi connectivity index (χ4v) is 1.63. The molecule has 0 N–H and O–H groups in total. The minimum Gasteiger partial charge on any atom is -0.300 e. The molecule has 1 heteroatoms. The number of nitrogens with zero attached hydrogens (tertiary/aromatic N) is 1. The maximum atomic E-state index is 2.57. The van der Waals surface area contributed by atoms with Crippen LogP contribution >= 0.6 is 0 Å². The number of hydrogen-bond donors (Lipinski definition) is 0. The highest BCUT2D eigenvalue weighted by Gasteiger charge is 2.06.